The maximum absolute atomic E-state index is 13.3. The van der Waals surface area contributed by atoms with Gasteiger partial charge >= 0.3 is 0 Å². The standard InChI is InChI=1S/C14H17FN2O4S/c1-9-14(10(2)21-17-9)22(18,19)16-8-13(20-3)11-5-4-6-12(15)7-11/h4-7,13,16H,8H2,1-3H3/t13-/m1/s1. The Morgan fingerprint density at radius 1 is 1.41 bits per heavy atom. The molecule has 1 aromatic carbocycles. The van der Waals surface area contributed by atoms with Gasteiger partial charge in [0.2, 0.25) is 10.0 Å². The summed E-state index contributed by atoms with van der Waals surface area (Å²) in [4.78, 5) is 0.0154. The topological polar surface area (TPSA) is 81.4 Å². The van der Waals surface area contributed by atoms with E-state index in [0.717, 1.165) is 0 Å². The van der Waals surface area contributed by atoms with Crippen LogP contribution in [-0.2, 0) is 14.8 Å². The number of nitrogens with one attached hydrogen (secondary N) is 1. The molecular weight excluding hydrogens is 311 g/mol. The van der Waals surface area contributed by atoms with Crippen molar-refractivity contribution in [3.63, 3.8) is 0 Å². The molecule has 1 atom stereocenters. The maximum Gasteiger partial charge on any atom is 0.246 e. The number of halogens is 1. The second-order valence-electron chi connectivity index (χ2n) is 4.78. The van der Waals surface area contributed by atoms with Gasteiger partial charge in [0.25, 0.3) is 0 Å². The van der Waals surface area contributed by atoms with Crippen molar-refractivity contribution in [1.29, 1.82) is 0 Å². The molecule has 0 spiro atoms. The van der Waals surface area contributed by atoms with Gasteiger partial charge in [-0.2, -0.15) is 0 Å². The molecule has 8 heteroatoms. The lowest BCUT2D eigenvalue weighted by Gasteiger charge is -2.16. The zero-order valence-corrected chi connectivity index (χ0v) is 13.3. The zero-order valence-electron chi connectivity index (χ0n) is 12.5. The van der Waals surface area contributed by atoms with E-state index in [2.05, 4.69) is 9.88 Å². The van der Waals surface area contributed by atoms with E-state index in [0.29, 0.717) is 5.56 Å². The number of ether oxygens (including phenoxy) is 1. The summed E-state index contributed by atoms with van der Waals surface area (Å²) in [5, 5.41) is 3.62. The predicted molar refractivity (Wildman–Crippen MR) is 77.3 cm³/mol. The summed E-state index contributed by atoms with van der Waals surface area (Å²) in [7, 11) is -2.35. The first kappa shape index (κ1) is 16.6. The average Bonchev–Trinajstić information content (AvgIpc) is 2.79. The van der Waals surface area contributed by atoms with E-state index >= 15 is 0 Å². The summed E-state index contributed by atoms with van der Waals surface area (Å²) in [5.41, 5.74) is 0.827. The van der Waals surface area contributed by atoms with E-state index in [1.165, 1.54) is 26.2 Å². The van der Waals surface area contributed by atoms with E-state index in [9.17, 15) is 12.8 Å². The minimum atomic E-state index is -3.78. The predicted octanol–water partition coefficient (Wildman–Crippen LogP) is 2.10. The molecule has 0 amide bonds. The van der Waals surface area contributed by atoms with Crippen molar-refractivity contribution in [1.82, 2.24) is 9.88 Å². The molecule has 1 N–H and O–H groups in total. The lowest BCUT2D eigenvalue weighted by Crippen LogP contribution is -2.30. The third kappa shape index (κ3) is 3.52. The monoisotopic (exact) mass is 328 g/mol. The summed E-state index contributed by atoms with van der Waals surface area (Å²) < 4.78 is 50.4. The van der Waals surface area contributed by atoms with Crippen LogP contribution in [0.1, 0.15) is 23.1 Å². The van der Waals surface area contributed by atoms with E-state index in [1.54, 1.807) is 19.1 Å². The lowest BCUT2D eigenvalue weighted by molar-refractivity contribution is 0.107. The van der Waals surface area contributed by atoms with E-state index < -0.39 is 21.9 Å². The Balaban J connectivity index is 2.17. The van der Waals surface area contributed by atoms with Crippen LogP contribution < -0.4 is 4.72 Å². The number of aromatic nitrogens is 1. The molecular formula is C14H17FN2O4S. The van der Waals surface area contributed by atoms with Gasteiger partial charge in [-0.25, -0.2) is 17.5 Å². The number of hydrogen-bond acceptors (Lipinski definition) is 5. The zero-order chi connectivity index (χ0) is 16.3. The van der Waals surface area contributed by atoms with Gasteiger partial charge in [0.1, 0.15) is 16.4 Å². The lowest BCUT2D eigenvalue weighted by atomic mass is 10.1. The SMILES string of the molecule is CO[C@H](CNS(=O)(=O)c1c(C)noc1C)c1cccc(F)c1. The van der Waals surface area contributed by atoms with Crippen molar-refractivity contribution in [2.75, 3.05) is 13.7 Å². The maximum atomic E-state index is 13.3. The first-order chi connectivity index (χ1) is 10.3. The van der Waals surface area contributed by atoms with Gasteiger partial charge < -0.3 is 9.26 Å². The highest BCUT2D eigenvalue weighted by atomic mass is 32.2. The van der Waals surface area contributed by atoms with Crippen molar-refractivity contribution in [2.24, 2.45) is 0 Å². The molecule has 2 rings (SSSR count). The van der Waals surface area contributed by atoms with E-state index in [-0.39, 0.29) is 22.9 Å². The number of methoxy groups -OCH3 is 1. The van der Waals surface area contributed by atoms with Crippen molar-refractivity contribution in [3.05, 3.63) is 47.1 Å². The van der Waals surface area contributed by atoms with Crippen LogP contribution >= 0.6 is 0 Å². The average molecular weight is 328 g/mol. The normalized spacial score (nSPS) is 13.3. The van der Waals surface area contributed by atoms with Gasteiger partial charge in [0.15, 0.2) is 5.76 Å². The number of aryl methyl sites for hydroxylation is 2. The smallest absolute Gasteiger partial charge is 0.246 e. The fraction of sp³-hybridized carbons (Fsp3) is 0.357. The van der Waals surface area contributed by atoms with Crippen molar-refractivity contribution < 1.29 is 22.1 Å². The van der Waals surface area contributed by atoms with Gasteiger partial charge in [-0.1, -0.05) is 17.3 Å². The van der Waals surface area contributed by atoms with Crippen LogP contribution in [0, 0.1) is 19.7 Å². The van der Waals surface area contributed by atoms with Crippen LogP contribution in [-0.4, -0.2) is 27.2 Å². The molecule has 0 aliphatic heterocycles. The molecule has 0 unspecified atom stereocenters. The van der Waals surface area contributed by atoms with Crippen LogP contribution in [0.2, 0.25) is 0 Å². The molecule has 0 aliphatic carbocycles. The Morgan fingerprint density at radius 2 is 2.14 bits per heavy atom. The molecule has 0 radical (unpaired) electrons. The van der Waals surface area contributed by atoms with Crippen LogP contribution in [0.5, 0.6) is 0 Å². The highest BCUT2D eigenvalue weighted by Gasteiger charge is 2.25. The van der Waals surface area contributed by atoms with Gasteiger partial charge in [-0.15, -0.1) is 0 Å². The highest BCUT2D eigenvalue weighted by molar-refractivity contribution is 7.89. The van der Waals surface area contributed by atoms with Crippen LogP contribution in [0.3, 0.4) is 0 Å². The Bertz CT molecular complexity index is 738. The summed E-state index contributed by atoms with van der Waals surface area (Å²) in [6, 6.07) is 5.82. The number of nitrogens with zero attached hydrogens (tertiary/aromatic N) is 1. The van der Waals surface area contributed by atoms with Crippen LogP contribution in [0.4, 0.5) is 4.39 Å². The second-order valence-corrected chi connectivity index (χ2v) is 6.49. The van der Waals surface area contributed by atoms with E-state index in [4.69, 9.17) is 9.26 Å². The Morgan fingerprint density at radius 3 is 2.68 bits per heavy atom. The van der Waals surface area contributed by atoms with Gasteiger partial charge in [0.05, 0.1) is 6.10 Å². The van der Waals surface area contributed by atoms with Gasteiger partial charge in [-0.05, 0) is 31.5 Å². The summed E-state index contributed by atoms with van der Waals surface area (Å²) in [6.07, 6.45) is -0.606. The molecule has 1 heterocycles. The van der Waals surface area contributed by atoms with Crippen molar-refractivity contribution in [3.8, 4) is 0 Å². The molecule has 1 aromatic heterocycles. The van der Waals surface area contributed by atoms with Crippen LogP contribution in [0.15, 0.2) is 33.7 Å². The molecule has 6 nitrogen and oxygen atoms in total. The summed E-state index contributed by atoms with van der Waals surface area (Å²) >= 11 is 0. The molecule has 22 heavy (non-hydrogen) atoms. The van der Waals surface area contributed by atoms with E-state index in [1.807, 2.05) is 0 Å². The van der Waals surface area contributed by atoms with Gasteiger partial charge in [0, 0.05) is 13.7 Å². The Kier molecular flexibility index (Phi) is 4.94. The molecule has 120 valence electrons. The van der Waals surface area contributed by atoms with Gasteiger partial charge in [-0.3, -0.25) is 0 Å². The third-order valence-electron chi connectivity index (χ3n) is 3.20. The van der Waals surface area contributed by atoms with Crippen LogP contribution in [0.25, 0.3) is 0 Å². The minimum absolute atomic E-state index is 0.0154. The first-order valence-electron chi connectivity index (χ1n) is 6.56. The number of sulfonamides is 1. The quantitative estimate of drug-likeness (QED) is 0.878. The molecule has 0 fully saturated rings. The molecule has 2 aromatic rings. The Hall–Kier alpha value is -1.77. The van der Waals surface area contributed by atoms with Crippen molar-refractivity contribution >= 4 is 10.0 Å². The Labute approximate surface area is 128 Å². The first-order valence-corrected chi connectivity index (χ1v) is 8.04. The largest absolute Gasteiger partial charge is 0.375 e. The van der Waals surface area contributed by atoms with Crippen molar-refractivity contribution in [2.45, 2.75) is 24.8 Å². The fourth-order valence-electron chi connectivity index (χ4n) is 2.16. The summed E-state index contributed by atoms with van der Waals surface area (Å²) in [6.45, 7) is 3.03. The third-order valence-corrected chi connectivity index (χ3v) is 4.87. The molecule has 0 saturated heterocycles. The summed E-state index contributed by atoms with van der Waals surface area (Å²) in [5.74, 6) is -0.196. The molecule has 0 bridgehead atoms. The number of rotatable bonds is 6. The number of benzene rings is 1. The second kappa shape index (κ2) is 6.55. The molecule has 0 saturated carbocycles. The molecule has 0 aliphatic rings. The highest BCUT2D eigenvalue weighted by Crippen LogP contribution is 2.21. The minimum Gasteiger partial charge on any atom is -0.375 e. The number of hydrogen-bond donors (Lipinski definition) is 1. The fourth-order valence-corrected chi connectivity index (χ4v) is 3.52.